The van der Waals surface area contributed by atoms with Gasteiger partial charge >= 0.3 is 6.18 Å². The zero-order chi connectivity index (χ0) is 23.9. The molecule has 0 radical (unpaired) electrons. The summed E-state index contributed by atoms with van der Waals surface area (Å²) >= 11 is 0. The maximum atomic E-state index is 14.5. The minimum atomic E-state index is -4.58. The van der Waals surface area contributed by atoms with Gasteiger partial charge in [0.05, 0.1) is 17.4 Å². The molecule has 3 heterocycles. The maximum absolute atomic E-state index is 14.5. The van der Waals surface area contributed by atoms with Crippen molar-refractivity contribution in [1.29, 1.82) is 0 Å². The second-order valence-corrected chi connectivity index (χ2v) is 9.11. The van der Waals surface area contributed by atoms with E-state index in [9.17, 15) is 17.6 Å². The van der Waals surface area contributed by atoms with Crippen LogP contribution in [0.2, 0.25) is 0 Å². The third-order valence-electron chi connectivity index (χ3n) is 6.86. The highest BCUT2D eigenvalue weighted by molar-refractivity contribution is 5.77. The predicted octanol–water partition coefficient (Wildman–Crippen LogP) is 5.02. The summed E-state index contributed by atoms with van der Waals surface area (Å²) in [6, 6.07) is 2.33. The van der Waals surface area contributed by atoms with E-state index in [-0.39, 0.29) is 17.7 Å². The molecule has 1 aliphatic heterocycles. The van der Waals surface area contributed by atoms with E-state index >= 15 is 0 Å². The molecule has 0 atom stereocenters. The number of nitrogens with one attached hydrogen (secondary N) is 1. The molecule has 0 bridgehead atoms. The van der Waals surface area contributed by atoms with Crippen molar-refractivity contribution in [2.24, 2.45) is 11.7 Å². The number of halogens is 4. The number of nitrogens with two attached hydrogens (primary N) is 1. The van der Waals surface area contributed by atoms with E-state index < -0.39 is 17.6 Å². The van der Waals surface area contributed by atoms with E-state index in [1.807, 2.05) is 4.57 Å². The Morgan fingerprint density at radius 3 is 2.47 bits per heavy atom. The Morgan fingerprint density at radius 2 is 1.79 bits per heavy atom. The molecule has 34 heavy (non-hydrogen) atoms. The highest BCUT2D eigenvalue weighted by Crippen LogP contribution is 2.38. The topological polar surface area (TPSA) is 84.9 Å². The molecule has 11 heteroatoms. The van der Waals surface area contributed by atoms with Crippen LogP contribution in [0.4, 0.5) is 35.1 Å². The first-order valence-corrected chi connectivity index (χ1v) is 11.7. The minimum Gasteiger partial charge on any atom is -0.341 e. The van der Waals surface area contributed by atoms with Crippen LogP contribution in [0.3, 0.4) is 0 Å². The van der Waals surface area contributed by atoms with Crippen LogP contribution in [0.1, 0.15) is 50.1 Å². The average molecular weight is 478 g/mol. The fraction of sp³-hybridized carbons (Fsp3) is 0.522. The number of fused-ring (bicyclic) bond motifs is 1. The second kappa shape index (κ2) is 9.01. The Hall–Kier alpha value is -2.95. The van der Waals surface area contributed by atoms with Crippen LogP contribution in [0.25, 0.3) is 11.2 Å². The summed E-state index contributed by atoms with van der Waals surface area (Å²) in [6.45, 7) is 2.38. The number of anilines is 3. The van der Waals surface area contributed by atoms with Gasteiger partial charge in [0.2, 0.25) is 11.9 Å². The summed E-state index contributed by atoms with van der Waals surface area (Å²) in [5.74, 6) is 0.524. The van der Waals surface area contributed by atoms with Crippen molar-refractivity contribution in [2.45, 2.75) is 50.7 Å². The lowest BCUT2D eigenvalue weighted by atomic mass is 9.86. The first-order chi connectivity index (χ1) is 16.3. The molecule has 182 valence electrons. The number of imidazole rings is 1. The van der Waals surface area contributed by atoms with E-state index in [1.165, 1.54) is 0 Å². The summed E-state index contributed by atoms with van der Waals surface area (Å²) in [5, 5.41) is 2.83. The molecular formula is C23H27F4N7. The third kappa shape index (κ3) is 4.40. The van der Waals surface area contributed by atoms with Crippen LogP contribution < -0.4 is 16.0 Å². The SMILES string of the molecule is NCC1CCC(n2c(Nc3cc(C(F)(F)F)ccc3F)nc3cnc(N4CCCC4)nc32)CC1. The standard InChI is InChI=1S/C23H27F4N7/c24-17-8-5-15(23(25,26)27)11-18(17)30-22-31-19-13-29-21(33-9-1-2-10-33)32-20(19)34(22)16-6-3-14(12-28)4-7-16/h5,8,11,13-14,16H,1-4,6-7,9-10,12,28H2,(H,30,31). The van der Waals surface area contributed by atoms with E-state index in [0.29, 0.717) is 29.6 Å². The van der Waals surface area contributed by atoms with Gasteiger partial charge in [-0.2, -0.15) is 18.2 Å². The Kier molecular flexibility index (Phi) is 6.05. The van der Waals surface area contributed by atoms with E-state index in [2.05, 4.69) is 20.2 Å². The molecule has 1 aliphatic carbocycles. The molecule has 3 N–H and O–H groups in total. The van der Waals surface area contributed by atoms with Crippen molar-refractivity contribution >= 4 is 28.7 Å². The third-order valence-corrected chi connectivity index (χ3v) is 6.86. The molecule has 1 aromatic carbocycles. The fourth-order valence-corrected chi connectivity index (χ4v) is 4.94. The Balaban J connectivity index is 1.57. The minimum absolute atomic E-state index is 0.0190. The Bertz CT molecular complexity index is 1160. The molecule has 7 nitrogen and oxygen atoms in total. The van der Waals surface area contributed by atoms with Gasteiger partial charge in [-0.3, -0.25) is 4.57 Å². The van der Waals surface area contributed by atoms with Gasteiger partial charge in [-0.05, 0) is 69.2 Å². The van der Waals surface area contributed by atoms with E-state index in [4.69, 9.17) is 10.7 Å². The lowest BCUT2D eigenvalue weighted by Crippen LogP contribution is -2.24. The van der Waals surface area contributed by atoms with Gasteiger partial charge in [0.25, 0.3) is 0 Å². The molecule has 1 saturated carbocycles. The molecule has 5 rings (SSSR count). The van der Waals surface area contributed by atoms with Gasteiger partial charge in [-0.25, -0.2) is 14.4 Å². The molecule has 2 fully saturated rings. The number of aromatic nitrogens is 4. The van der Waals surface area contributed by atoms with Crippen molar-refractivity contribution in [3.63, 3.8) is 0 Å². The van der Waals surface area contributed by atoms with Crippen LogP contribution in [0, 0.1) is 11.7 Å². The van der Waals surface area contributed by atoms with Crippen molar-refractivity contribution in [2.75, 3.05) is 29.9 Å². The van der Waals surface area contributed by atoms with Crippen LogP contribution in [0.15, 0.2) is 24.4 Å². The first-order valence-electron chi connectivity index (χ1n) is 11.7. The summed E-state index contributed by atoms with van der Waals surface area (Å²) in [5.41, 5.74) is 5.75. The molecule has 0 amide bonds. The summed E-state index contributed by atoms with van der Waals surface area (Å²) in [7, 11) is 0. The molecule has 1 saturated heterocycles. The summed E-state index contributed by atoms with van der Waals surface area (Å²) < 4.78 is 56.1. The maximum Gasteiger partial charge on any atom is 0.416 e. The number of hydrogen-bond acceptors (Lipinski definition) is 6. The van der Waals surface area contributed by atoms with Gasteiger partial charge in [0.15, 0.2) is 5.65 Å². The van der Waals surface area contributed by atoms with Crippen molar-refractivity contribution in [1.82, 2.24) is 19.5 Å². The Labute approximate surface area is 194 Å². The van der Waals surface area contributed by atoms with E-state index in [1.54, 1.807) is 6.20 Å². The predicted molar refractivity (Wildman–Crippen MR) is 122 cm³/mol. The number of hydrogen-bond donors (Lipinski definition) is 2. The van der Waals surface area contributed by atoms with Crippen LogP contribution in [-0.2, 0) is 6.18 Å². The molecule has 0 unspecified atom stereocenters. The molecule has 2 aromatic heterocycles. The number of nitrogens with zero attached hydrogens (tertiary/aromatic N) is 5. The second-order valence-electron chi connectivity index (χ2n) is 9.11. The first kappa shape index (κ1) is 22.8. The molecular weight excluding hydrogens is 450 g/mol. The van der Waals surface area contributed by atoms with Gasteiger partial charge in [0.1, 0.15) is 11.3 Å². The van der Waals surface area contributed by atoms with Gasteiger partial charge in [-0.1, -0.05) is 0 Å². The van der Waals surface area contributed by atoms with Crippen LogP contribution in [-0.4, -0.2) is 39.2 Å². The summed E-state index contributed by atoms with van der Waals surface area (Å²) in [6.07, 6.45) is 2.72. The molecule has 0 spiro atoms. The lowest BCUT2D eigenvalue weighted by Gasteiger charge is -2.30. The quantitative estimate of drug-likeness (QED) is 0.502. The summed E-state index contributed by atoms with van der Waals surface area (Å²) in [4.78, 5) is 15.9. The number of alkyl halides is 3. The lowest BCUT2D eigenvalue weighted by molar-refractivity contribution is -0.137. The highest BCUT2D eigenvalue weighted by Gasteiger charge is 2.32. The largest absolute Gasteiger partial charge is 0.416 e. The van der Waals surface area contributed by atoms with Gasteiger partial charge < -0.3 is 16.0 Å². The van der Waals surface area contributed by atoms with Crippen molar-refractivity contribution in [3.05, 3.63) is 35.8 Å². The normalized spacial score (nSPS) is 21.4. The number of benzene rings is 1. The zero-order valence-corrected chi connectivity index (χ0v) is 18.7. The van der Waals surface area contributed by atoms with Crippen LogP contribution in [0.5, 0.6) is 0 Å². The zero-order valence-electron chi connectivity index (χ0n) is 18.7. The van der Waals surface area contributed by atoms with Gasteiger partial charge in [-0.15, -0.1) is 0 Å². The van der Waals surface area contributed by atoms with Gasteiger partial charge in [0, 0.05) is 19.1 Å². The van der Waals surface area contributed by atoms with Crippen molar-refractivity contribution in [3.8, 4) is 0 Å². The van der Waals surface area contributed by atoms with Crippen molar-refractivity contribution < 1.29 is 17.6 Å². The average Bonchev–Trinajstić information content (AvgIpc) is 3.47. The monoisotopic (exact) mass is 477 g/mol. The fourth-order valence-electron chi connectivity index (χ4n) is 4.94. The Morgan fingerprint density at radius 1 is 1.06 bits per heavy atom. The smallest absolute Gasteiger partial charge is 0.341 e. The molecule has 3 aromatic rings. The molecule has 2 aliphatic rings. The van der Waals surface area contributed by atoms with E-state index in [0.717, 1.165) is 69.8 Å². The number of rotatable bonds is 5. The van der Waals surface area contributed by atoms with Crippen LogP contribution >= 0.6 is 0 Å². The highest BCUT2D eigenvalue weighted by atomic mass is 19.4.